The van der Waals surface area contributed by atoms with Gasteiger partial charge in [-0.3, -0.25) is 4.79 Å². The van der Waals surface area contributed by atoms with Crippen molar-refractivity contribution in [1.29, 1.82) is 0 Å². The lowest BCUT2D eigenvalue weighted by Gasteiger charge is -1.97. The van der Waals surface area contributed by atoms with E-state index >= 15 is 0 Å². The monoisotopic (exact) mass is 135 g/mol. The zero-order chi connectivity index (χ0) is 7.40. The summed E-state index contributed by atoms with van der Waals surface area (Å²) in [6.07, 6.45) is 0.834. The molecule has 0 spiro atoms. The number of nitrogens with one attached hydrogen (secondary N) is 1. The molecule has 0 heterocycles. The van der Waals surface area contributed by atoms with Crippen LogP contribution in [0.5, 0.6) is 0 Å². The molecular formula is C8H9NO. The second kappa shape index (κ2) is 3.01. The summed E-state index contributed by atoms with van der Waals surface area (Å²) in [5.41, 5.74) is 1.66. The Bertz CT molecular complexity index is 232. The average molecular weight is 135 g/mol. The molecule has 0 atom stereocenters. The van der Waals surface area contributed by atoms with Crippen LogP contribution in [0.15, 0.2) is 24.3 Å². The zero-order valence-electron chi connectivity index (χ0n) is 5.79. The highest BCUT2D eigenvalue weighted by atomic mass is 16.1. The van der Waals surface area contributed by atoms with Crippen molar-refractivity contribution in [1.82, 2.24) is 0 Å². The Morgan fingerprint density at radius 2 is 2.30 bits per heavy atom. The Balaban J connectivity index is 2.98. The van der Waals surface area contributed by atoms with Crippen LogP contribution >= 0.6 is 0 Å². The van der Waals surface area contributed by atoms with Crippen molar-refractivity contribution in [2.24, 2.45) is 0 Å². The smallest absolute Gasteiger partial charge is 0.150 e. The zero-order valence-corrected chi connectivity index (χ0v) is 5.79. The van der Waals surface area contributed by atoms with E-state index in [-0.39, 0.29) is 0 Å². The average Bonchev–Trinajstić information content (AvgIpc) is 2.05. The van der Waals surface area contributed by atoms with E-state index in [4.69, 9.17) is 0 Å². The van der Waals surface area contributed by atoms with E-state index in [1.807, 2.05) is 19.2 Å². The van der Waals surface area contributed by atoms with Gasteiger partial charge in [-0.1, -0.05) is 12.1 Å². The summed E-state index contributed by atoms with van der Waals surface area (Å²) in [5.74, 6) is 0. The molecule has 2 nitrogen and oxygen atoms in total. The topological polar surface area (TPSA) is 29.1 Å². The van der Waals surface area contributed by atoms with Crippen LogP contribution in [0.2, 0.25) is 0 Å². The highest BCUT2D eigenvalue weighted by Gasteiger charge is 1.89. The standard InChI is InChI=1S/C8H9NO/c1-9-8-4-2-3-7(5-8)6-10/h2-6,9H,1H3. The maximum Gasteiger partial charge on any atom is 0.150 e. The lowest BCUT2D eigenvalue weighted by molar-refractivity contribution is 0.112. The number of hydrogen-bond acceptors (Lipinski definition) is 2. The van der Waals surface area contributed by atoms with Gasteiger partial charge in [0.05, 0.1) is 0 Å². The fourth-order valence-electron chi connectivity index (χ4n) is 0.767. The van der Waals surface area contributed by atoms with Gasteiger partial charge in [0.15, 0.2) is 0 Å². The van der Waals surface area contributed by atoms with Crippen LogP contribution in [0.25, 0.3) is 0 Å². The van der Waals surface area contributed by atoms with E-state index < -0.39 is 0 Å². The molecule has 10 heavy (non-hydrogen) atoms. The van der Waals surface area contributed by atoms with Crippen molar-refractivity contribution in [3.05, 3.63) is 29.8 Å². The van der Waals surface area contributed by atoms with E-state index in [0.29, 0.717) is 5.56 Å². The molecule has 0 saturated carbocycles. The van der Waals surface area contributed by atoms with Crippen molar-refractivity contribution in [2.75, 3.05) is 12.4 Å². The lowest BCUT2D eigenvalue weighted by atomic mass is 10.2. The highest BCUT2D eigenvalue weighted by molar-refractivity contribution is 5.76. The van der Waals surface area contributed by atoms with Gasteiger partial charge in [-0.2, -0.15) is 0 Å². The van der Waals surface area contributed by atoms with Crippen molar-refractivity contribution in [3.8, 4) is 0 Å². The van der Waals surface area contributed by atoms with Crippen molar-refractivity contribution in [3.63, 3.8) is 0 Å². The molecule has 0 amide bonds. The van der Waals surface area contributed by atoms with Crippen LogP contribution in [-0.2, 0) is 0 Å². The van der Waals surface area contributed by atoms with Gasteiger partial charge in [0.2, 0.25) is 0 Å². The molecule has 52 valence electrons. The van der Waals surface area contributed by atoms with Crippen LogP contribution in [-0.4, -0.2) is 13.3 Å². The van der Waals surface area contributed by atoms with E-state index in [1.165, 1.54) is 0 Å². The van der Waals surface area contributed by atoms with Crippen molar-refractivity contribution >= 4 is 12.0 Å². The third-order valence-electron chi connectivity index (χ3n) is 1.31. The molecule has 0 aromatic heterocycles. The number of benzene rings is 1. The first-order valence-electron chi connectivity index (χ1n) is 3.10. The Morgan fingerprint density at radius 3 is 2.90 bits per heavy atom. The first-order valence-corrected chi connectivity index (χ1v) is 3.10. The normalized spacial score (nSPS) is 8.90. The molecule has 0 aliphatic rings. The fourth-order valence-corrected chi connectivity index (χ4v) is 0.767. The molecule has 1 rings (SSSR count). The quantitative estimate of drug-likeness (QED) is 0.623. The first kappa shape index (κ1) is 6.81. The summed E-state index contributed by atoms with van der Waals surface area (Å²) in [7, 11) is 1.82. The van der Waals surface area contributed by atoms with Crippen molar-refractivity contribution in [2.45, 2.75) is 0 Å². The minimum absolute atomic E-state index is 0.701. The van der Waals surface area contributed by atoms with Gasteiger partial charge in [-0.05, 0) is 12.1 Å². The minimum atomic E-state index is 0.701. The summed E-state index contributed by atoms with van der Waals surface area (Å²) in [4.78, 5) is 10.2. The lowest BCUT2D eigenvalue weighted by Crippen LogP contribution is -1.88. The van der Waals surface area contributed by atoms with Gasteiger partial charge in [0, 0.05) is 18.3 Å². The maximum atomic E-state index is 10.2. The predicted molar refractivity (Wildman–Crippen MR) is 41.4 cm³/mol. The molecule has 0 aliphatic carbocycles. The predicted octanol–water partition coefficient (Wildman–Crippen LogP) is 1.54. The summed E-state index contributed by atoms with van der Waals surface area (Å²) >= 11 is 0. The minimum Gasteiger partial charge on any atom is -0.388 e. The molecule has 0 unspecified atom stereocenters. The van der Waals surface area contributed by atoms with Gasteiger partial charge in [-0.25, -0.2) is 0 Å². The number of carbonyl (C=O) groups is 1. The highest BCUT2D eigenvalue weighted by Crippen LogP contribution is 2.06. The number of anilines is 1. The molecule has 0 saturated heterocycles. The van der Waals surface area contributed by atoms with E-state index in [1.54, 1.807) is 12.1 Å². The molecule has 0 aliphatic heterocycles. The van der Waals surface area contributed by atoms with E-state index in [2.05, 4.69) is 5.32 Å². The van der Waals surface area contributed by atoms with E-state index in [9.17, 15) is 4.79 Å². The number of hydrogen-bond donors (Lipinski definition) is 1. The Kier molecular flexibility index (Phi) is 2.05. The van der Waals surface area contributed by atoms with Gasteiger partial charge >= 0.3 is 0 Å². The van der Waals surface area contributed by atoms with Crippen LogP contribution in [0.1, 0.15) is 10.4 Å². The second-order valence-corrected chi connectivity index (χ2v) is 1.99. The molecule has 1 aromatic carbocycles. The third-order valence-corrected chi connectivity index (χ3v) is 1.31. The first-order chi connectivity index (χ1) is 4.86. The largest absolute Gasteiger partial charge is 0.388 e. The Hall–Kier alpha value is -1.31. The number of aldehydes is 1. The van der Waals surface area contributed by atoms with Crippen molar-refractivity contribution < 1.29 is 4.79 Å². The maximum absolute atomic E-state index is 10.2. The summed E-state index contributed by atoms with van der Waals surface area (Å²) in [6, 6.07) is 7.32. The van der Waals surface area contributed by atoms with Gasteiger partial charge in [0.1, 0.15) is 6.29 Å². The summed E-state index contributed by atoms with van der Waals surface area (Å²) < 4.78 is 0. The molecule has 0 fully saturated rings. The summed E-state index contributed by atoms with van der Waals surface area (Å²) in [5, 5.41) is 2.94. The van der Waals surface area contributed by atoms with Gasteiger partial charge in [0.25, 0.3) is 0 Å². The van der Waals surface area contributed by atoms with Crippen LogP contribution < -0.4 is 5.32 Å². The molecule has 0 radical (unpaired) electrons. The second-order valence-electron chi connectivity index (χ2n) is 1.99. The van der Waals surface area contributed by atoms with E-state index in [0.717, 1.165) is 12.0 Å². The third kappa shape index (κ3) is 1.35. The number of rotatable bonds is 2. The number of carbonyl (C=O) groups excluding carboxylic acids is 1. The molecule has 2 heteroatoms. The van der Waals surface area contributed by atoms with Gasteiger partial charge < -0.3 is 5.32 Å². The molecule has 1 N–H and O–H groups in total. The fraction of sp³-hybridized carbons (Fsp3) is 0.125. The molecule has 0 bridgehead atoms. The van der Waals surface area contributed by atoms with Crippen LogP contribution in [0.3, 0.4) is 0 Å². The molecular weight excluding hydrogens is 126 g/mol. The molecule has 1 aromatic rings. The SMILES string of the molecule is CNc1cccc(C=O)c1. The Labute approximate surface area is 59.9 Å². The van der Waals surface area contributed by atoms with Gasteiger partial charge in [-0.15, -0.1) is 0 Å². The van der Waals surface area contributed by atoms with Crippen LogP contribution in [0.4, 0.5) is 5.69 Å². The van der Waals surface area contributed by atoms with Crippen LogP contribution in [0, 0.1) is 0 Å². The Morgan fingerprint density at radius 1 is 1.50 bits per heavy atom. The summed E-state index contributed by atoms with van der Waals surface area (Å²) in [6.45, 7) is 0.